The molecule has 0 heterocycles. The number of unbranched alkanes of at least 4 members (excludes halogenated alkanes) is 1. The molecule has 4 heteroatoms. The molecular formula is C15H20ClN3. The molecule has 0 bridgehead atoms. The van der Waals surface area contributed by atoms with Crippen molar-refractivity contribution in [2.75, 3.05) is 0 Å². The molecule has 0 radical (unpaired) electrons. The van der Waals surface area contributed by atoms with Crippen molar-refractivity contribution in [1.82, 2.24) is 0 Å². The highest BCUT2D eigenvalue weighted by molar-refractivity contribution is 6.66. The molecule has 0 amide bonds. The molecule has 0 saturated carbocycles. The van der Waals surface area contributed by atoms with E-state index in [9.17, 15) is 0 Å². The number of nitrogens with zero attached hydrogens (tertiary/aromatic N) is 2. The van der Waals surface area contributed by atoms with Crippen LogP contribution >= 0.6 is 11.6 Å². The zero-order valence-corrected chi connectivity index (χ0v) is 12.2. The van der Waals surface area contributed by atoms with E-state index in [4.69, 9.17) is 17.0 Å². The van der Waals surface area contributed by atoms with Crippen LogP contribution in [0.4, 0.5) is 0 Å². The topological polar surface area (TPSA) is 48.6 Å². The number of amidine groups is 2. The third kappa shape index (κ3) is 11.1. The molecule has 3 nitrogen and oxygen atoms in total. The van der Waals surface area contributed by atoms with Crippen LogP contribution in [0.1, 0.15) is 26.7 Å². The minimum Gasteiger partial charge on any atom is -0.283 e. The molecular weight excluding hydrogens is 258 g/mol. The zero-order chi connectivity index (χ0) is 14.5. The Balaban J connectivity index is 4.38. The van der Waals surface area contributed by atoms with E-state index in [-0.39, 0.29) is 11.1 Å². The smallest absolute Gasteiger partial charge is 0.224 e. The Labute approximate surface area is 120 Å². The van der Waals surface area contributed by atoms with E-state index >= 15 is 0 Å². The van der Waals surface area contributed by atoms with Crippen LogP contribution in [0, 0.1) is 5.41 Å². The highest BCUT2D eigenvalue weighted by Gasteiger charge is 1.91. The van der Waals surface area contributed by atoms with Gasteiger partial charge in [-0.15, -0.1) is 0 Å². The van der Waals surface area contributed by atoms with Gasteiger partial charge in [-0.3, -0.25) is 5.41 Å². The molecule has 0 aromatic rings. The van der Waals surface area contributed by atoms with Gasteiger partial charge in [0.1, 0.15) is 5.84 Å². The first kappa shape index (κ1) is 17.3. The standard InChI is InChI=1S/C15H20ClN3/c1-4-6-8-10-13(3)12-18-15(16)19-14(17)11-9-7-5-2/h5,7-12,17H,3-4,6H2,1-2H3/b7-5-,10-8-,11-9+,17-14?,18-12?,19-15?. The summed E-state index contributed by atoms with van der Waals surface area (Å²) in [5.41, 5.74) is 0.748. The average molecular weight is 278 g/mol. The van der Waals surface area contributed by atoms with Crippen LogP contribution < -0.4 is 0 Å². The minimum atomic E-state index is 0.0140. The first-order chi connectivity index (χ1) is 9.10. The Morgan fingerprint density at radius 2 is 2.05 bits per heavy atom. The molecule has 0 aliphatic carbocycles. The van der Waals surface area contributed by atoms with Crippen molar-refractivity contribution in [2.45, 2.75) is 26.7 Å². The molecule has 0 aliphatic heterocycles. The molecule has 0 aromatic heterocycles. The number of hydrogen-bond acceptors (Lipinski definition) is 1. The molecule has 19 heavy (non-hydrogen) atoms. The van der Waals surface area contributed by atoms with Crippen LogP contribution in [0.15, 0.2) is 58.6 Å². The van der Waals surface area contributed by atoms with Crippen molar-refractivity contribution in [3.63, 3.8) is 0 Å². The van der Waals surface area contributed by atoms with Crippen molar-refractivity contribution in [1.29, 1.82) is 5.41 Å². The third-order valence-electron chi connectivity index (χ3n) is 1.89. The minimum absolute atomic E-state index is 0.0140. The van der Waals surface area contributed by atoms with Gasteiger partial charge in [0.25, 0.3) is 0 Å². The monoisotopic (exact) mass is 277 g/mol. The molecule has 0 fully saturated rings. The lowest BCUT2D eigenvalue weighted by atomic mass is 10.2. The predicted molar refractivity (Wildman–Crippen MR) is 86.6 cm³/mol. The maximum absolute atomic E-state index is 7.52. The van der Waals surface area contributed by atoms with Crippen LogP contribution in [0.3, 0.4) is 0 Å². The number of allylic oxidation sites excluding steroid dienone is 6. The summed E-state index contributed by atoms with van der Waals surface area (Å²) in [7, 11) is 0. The Bertz CT molecular complexity index is 440. The lowest BCUT2D eigenvalue weighted by molar-refractivity contribution is 0.958. The SMILES string of the molecule is C=C(C=NC(Cl)=NC(=N)/C=C/C=C\C)/C=C\CCC. The molecule has 1 N–H and O–H groups in total. The first-order valence-corrected chi connectivity index (χ1v) is 6.49. The molecule has 0 aliphatic rings. The van der Waals surface area contributed by atoms with Crippen molar-refractivity contribution in [3.05, 3.63) is 48.6 Å². The molecule has 0 unspecified atom stereocenters. The summed E-state index contributed by atoms with van der Waals surface area (Å²) in [6, 6.07) is 0. The van der Waals surface area contributed by atoms with E-state index in [0.29, 0.717) is 0 Å². The van der Waals surface area contributed by atoms with Crippen LogP contribution in [0.5, 0.6) is 0 Å². The third-order valence-corrected chi connectivity index (χ3v) is 2.08. The Hall–Kier alpha value is -1.74. The van der Waals surface area contributed by atoms with Crippen molar-refractivity contribution < 1.29 is 0 Å². The summed E-state index contributed by atoms with van der Waals surface area (Å²) in [4.78, 5) is 7.72. The summed E-state index contributed by atoms with van der Waals surface area (Å²) in [5.74, 6) is 0.0485. The van der Waals surface area contributed by atoms with E-state index in [1.54, 1.807) is 6.08 Å². The number of nitrogens with one attached hydrogen (secondary N) is 1. The maximum Gasteiger partial charge on any atom is 0.224 e. The summed E-state index contributed by atoms with van der Waals surface area (Å²) >= 11 is 5.79. The van der Waals surface area contributed by atoms with Gasteiger partial charge in [0.2, 0.25) is 5.29 Å². The van der Waals surface area contributed by atoms with E-state index in [1.165, 1.54) is 12.3 Å². The lowest BCUT2D eigenvalue weighted by Gasteiger charge is -1.91. The van der Waals surface area contributed by atoms with E-state index in [0.717, 1.165) is 18.4 Å². The van der Waals surface area contributed by atoms with Crippen molar-refractivity contribution in [2.24, 2.45) is 9.98 Å². The highest BCUT2D eigenvalue weighted by atomic mass is 35.5. The highest BCUT2D eigenvalue weighted by Crippen LogP contribution is 1.96. The van der Waals surface area contributed by atoms with Gasteiger partial charge in [0, 0.05) is 6.21 Å². The maximum atomic E-state index is 7.52. The number of hydrogen-bond donors (Lipinski definition) is 1. The van der Waals surface area contributed by atoms with Crippen LogP contribution in [-0.4, -0.2) is 17.3 Å². The number of halogens is 1. The zero-order valence-electron chi connectivity index (χ0n) is 11.4. The van der Waals surface area contributed by atoms with Gasteiger partial charge in [-0.1, -0.05) is 50.3 Å². The predicted octanol–water partition coefficient (Wildman–Crippen LogP) is 4.67. The summed E-state index contributed by atoms with van der Waals surface area (Å²) in [6.45, 7) is 7.82. The Kier molecular flexibility index (Phi) is 10.3. The quantitative estimate of drug-likeness (QED) is 0.317. The Morgan fingerprint density at radius 3 is 2.68 bits per heavy atom. The van der Waals surface area contributed by atoms with Gasteiger partial charge in [-0.2, -0.15) is 4.99 Å². The fraction of sp³-hybridized carbons (Fsp3) is 0.267. The second kappa shape index (κ2) is 11.4. The fourth-order valence-electron chi connectivity index (χ4n) is 1.00. The number of rotatable bonds is 6. The summed E-state index contributed by atoms with van der Waals surface area (Å²) in [5, 5.41) is 7.53. The van der Waals surface area contributed by atoms with Gasteiger partial charge in [-0.25, -0.2) is 4.99 Å². The largest absolute Gasteiger partial charge is 0.283 e. The second-order valence-electron chi connectivity index (χ2n) is 3.68. The van der Waals surface area contributed by atoms with E-state index in [1.807, 2.05) is 31.2 Å². The molecule has 0 saturated heterocycles. The Morgan fingerprint density at radius 1 is 1.32 bits per heavy atom. The van der Waals surface area contributed by atoms with Crippen LogP contribution in [0.25, 0.3) is 0 Å². The summed E-state index contributed by atoms with van der Waals surface area (Å²) < 4.78 is 0. The van der Waals surface area contributed by atoms with Crippen molar-refractivity contribution in [3.8, 4) is 0 Å². The summed E-state index contributed by atoms with van der Waals surface area (Å²) in [6.07, 6.45) is 14.5. The molecule has 0 spiro atoms. The van der Waals surface area contributed by atoms with Gasteiger partial charge in [0.05, 0.1) is 0 Å². The van der Waals surface area contributed by atoms with Gasteiger partial charge in [-0.05, 0) is 36.6 Å². The lowest BCUT2D eigenvalue weighted by Crippen LogP contribution is -1.91. The fourth-order valence-corrected chi connectivity index (χ4v) is 1.14. The normalized spacial score (nSPS) is 13.3. The van der Waals surface area contributed by atoms with E-state index < -0.39 is 0 Å². The van der Waals surface area contributed by atoms with Crippen molar-refractivity contribution >= 4 is 28.9 Å². The molecule has 102 valence electrons. The molecule has 0 rings (SSSR count). The molecule has 0 atom stereocenters. The average Bonchev–Trinajstić information content (AvgIpc) is 2.37. The first-order valence-electron chi connectivity index (χ1n) is 6.11. The van der Waals surface area contributed by atoms with Gasteiger partial charge in [0.15, 0.2) is 0 Å². The molecule has 0 aromatic carbocycles. The van der Waals surface area contributed by atoms with E-state index in [2.05, 4.69) is 23.5 Å². The van der Waals surface area contributed by atoms with Crippen LogP contribution in [0.2, 0.25) is 0 Å². The van der Waals surface area contributed by atoms with Crippen LogP contribution in [-0.2, 0) is 0 Å². The second-order valence-corrected chi connectivity index (χ2v) is 4.01. The number of aliphatic imine (C=N–C) groups is 2. The van der Waals surface area contributed by atoms with Gasteiger partial charge < -0.3 is 0 Å². The van der Waals surface area contributed by atoms with Gasteiger partial charge >= 0.3 is 0 Å².